The molecule has 1 aromatic carbocycles. The summed E-state index contributed by atoms with van der Waals surface area (Å²) in [7, 11) is -0.162. The summed E-state index contributed by atoms with van der Waals surface area (Å²) in [6, 6.07) is 4.06. The van der Waals surface area contributed by atoms with E-state index in [-0.39, 0.29) is 17.1 Å². The van der Waals surface area contributed by atoms with Crippen molar-refractivity contribution in [2.45, 2.75) is 12.5 Å². The zero-order chi connectivity index (χ0) is 17.7. The Morgan fingerprint density at radius 3 is 2.50 bits per heavy atom. The smallest absolute Gasteiger partial charge is 0.338 e. The molecule has 1 aromatic rings. The number of carbonyl (C=O) groups is 2. The SMILES string of the molecule is COc1ccc(C(=O)OCC(=O)N[C@@H]2CCS(=O)(=O)C2)cc1OC. The van der Waals surface area contributed by atoms with Gasteiger partial charge in [-0.25, -0.2) is 13.2 Å². The Kier molecular flexibility index (Phi) is 5.66. The molecule has 0 saturated carbocycles. The number of ether oxygens (including phenoxy) is 3. The molecule has 0 bridgehead atoms. The summed E-state index contributed by atoms with van der Waals surface area (Å²) in [5, 5.41) is 2.54. The number of hydrogen-bond donors (Lipinski definition) is 1. The number of nitrogens with one attached hydrogen (secondary N) is 1. The third-order valence-corrected chi connectivity index (χ3v) is 5.32. The Morgan fingerprint density at radius 2 is 1.92 bits per heavy atom. The van der Waals surface area contributed by atoms with Crippen LogP contribution in [-0.4, -0.2) is 58.7 Å². The van der Waals surface area contributed by atoms with Crippen LogP contribution in [0.1, 0.15) is 16.8 Å². The minimum atomic E-state index is -3.08. The van der Waals surface area contributed by atoms with Crippen molar-refractivity contribution in [3.63, 3.8) is 0 Å². The minimum Gasteiger partial charge on any atom is -0.493 e. The first-order valence-corrected chi connectivity index (χ1v) is 9.05. The molecule has 2 rings (SSSR count). The molecular weight excluding hydrogens is 338 g/mol. The molecule has 1 N–H and O–H groups in total. The van der Waals surface area contributed by atoms with E-state index in [1.165, 1.54) is 26.4 Å². The molecular formula is C15H19NO7S. The highest BCUT2D eigenvalue weighted by Gasteiger charge is 2.29. The molecule has 1 saturated heterocycles. The quantitative estimate of drug-likeness (QED) is 0.723. The fourth-order valence-electron chi connectivity index (χ4n) is 2.36. The van der Waals surface area contributed by atoms with Crippen LogP contribution in [0, 0.1) is 0 Å². The van der Waals surface area contributed by atoms with Crippen molar-refractivity contribution >= 4 is 21.7 Å². The van der Waals surface area contributed by atoms with Crippen molar-refractivity contribution in [1.82, 2.24) is 5.32 Å². The van der Waals surface area contributed by atoms with Gasteiger partial charge in [-0.3, -0.25) is 4.79 Å². The Hall–Kier alpha value is -2.29. The molecule has 1 aliphatic rings. The van der Waals surface area contributed by atoms with Gasteiger partial charge in [-0.2, -0.15) is 0 Å². The molecule has 1 aliphatic heterocycles. The number of esters is 1. The number of benzene rings is 1. The topological polar surface area (TPSA) is 108 Å². The van der Waals surface area contributed by atoms with Crippen LogP contribution in [0.3, 0.4) is 0 Å². The zero-order valence-electron chi connectivity index (χ0n) is 13.4. The molecule has 0 spiro atoms. The van der Waals surface area contributed by atoms with Gasteiger partial charge in [0.1, 0.15) is 0 Å². The number of rotatable bonds is 6. The lowest BCUT2D eigenvalue weighted by molar-refractivity contribution is -0.124. The van der Waals surface area contributed by atoms with Crippen LogP contribution in [-0.2, 0) is 19.4 Å². The Balaban J connectivity index is 1.87. The lowest BCUT2D eigenvalue weighted by Gasteiger charge is -2.12. The van der Waals surface area contributed by atoms with E-state index in [0.717, 1.165) is 0 Å². The van der Waals surface area contributed by atoms with Crippen LogP contribution in [0.5, 0.6) is 11.5 Å². The van der Waals surface area contributed by atoms with Crippen molar-refractivity contribution in [2.75, 3.05) is 32.3 Å². The van der Waals surface area contributed by atoms with Crippen molar-refractivity contribution in [1.29, 1.82) is 0 Å². The maximum absolute atomic E-state index is 12.0. The monoisotopic (exact) mass is 357 g/mol. The van der Waals surface area contributed by atoms with Crippen LogP contribution in [0.4, 0.5) is 0 Å². The zero-order valence-corrected chi connectivity index (χ0v) is 14.2. The molecule has 1 heterocycles. The average Bonchev–Trinajstić information content (AvgIpc) is 2.90. The van der Waals surface area contributed by atoms with Crippen LogP contribution in [0.25, 0.3) is 0 Å². The van der Waals surface area contributed by atoms with Gasteiger partial charge in [-0.15, -0.1) is 0 Å². The minimum absolute atomic E-state index is 0.0589. The summed E-state index contributed by atoms with van der Waals surface area (Å²) in [5.74, 6) is -0.413. The van der Waals surface area contributed by atoms with Crippen LogP contribution < -0.4 is 14.8 Å². The third-order valence-electron chi connectivity index (χ3n) is 3.55. The molecule has 8 nitrogen and oxygen atoms in total. The van der Waals surface area contributed by atoms with E-state index in [0.29, 0.717) is 17.9 Å². The predicted molar refractivity (Wildman–Crippen MR) is 85.0 cm³/mol. The Morgan fingerprint density at radius 1 is 1.21 bits per heavy atom. The van der Waals surface area contributed by atoms with Crippen LogP contribution >= 0.6 is 0 Å². The van der Waals surface area contributed by atoms with Gasteiger partial charge >= 0.3 is 5.97 Å². The third kappa shape index (κ3) is 4.60. The van der Waals surface area contributed by atoms with E-state index >= 15 is 0 Å². The normalized spacial score (nSPS) is 18.7. The molecule has 0 radical (unpaired) electrons. The second kappa shape index (κ2) is 7.52. The summed E-state index contributed by atoms with van der Waals surface area (Å²) >= 11 is 0. The summed E-state index contributed by atoms with van der Waals surface area (Å²) in [6.45, 7) is -0.482. The highest BCUT2D eigenvalue weighted by Crippen LogP contribution is 2.27. The van der Waals surface area contributed by atoms with Crippen LogP contribution in [0.2, 0.25) is 0 Å². The van der Waals surface area contributed by atoms with Crippen molar-refractivity contribution in [3.8, 4) is 11.5 Å². The number of amides is 1. The van der Waals surface area contributed by atoms with Crippen molar-refractivity contribution in [2.24, 2.45) is 0 Å². The molecule has 9 heteroatoms. The van der Waals surface area contributed by atoms with E-state index in [4.69, 9.17) is 14.2 Å². The van der Waals surface area contributed by atoms with Gasteiger partial charge in [0, 0.05) is 6.04 Å². The van der Waals surface area contributed by atoms with E-state index < -0.39 is 34.4 Å². The lowest BCUT2D eigenvalue weighted by atomic mass is 10.2. The highest BCUT2D eigenvalue weighted by atomic mass is 32.2. The summed E-state index contributed by atoms with van der Waals surface area (Å²) in [6.07, 6.45) is 0.373. The first kappa shape index (κ1) is 18.1. The van der Waals surface area contributed by atoms with E-state index in [9.17, 15) is 18.0 Å². The van der Waals surface area contributed by atoms with Gasteiger partial charge in [-0.1, -0.05) is 0 Å². The van der Waals surface area contributed by atoms with E-state index in [1.807, 2.05) is 0 Å². The summed E-state index contributed by atoms with van der Waals surface area (Å²) < 4.78 is 37.7. The molecule has 1 atom stereocenters. The van der Waals surface area contributed by atoms with Crippen molar-refractivity contribution in [3.05, 3.63) is 23.8 Å². The maximum atomic E-state index is 12.0. The summed E-state index contributed by atoms with van der Waals surface area (Å²) in [5.41, 5.74) is 0.212. The van der Waals surface area contributed by atoms with Gasteiger partial charge in [0.15, 0.2) is 27.9 Å². The Bertz CT molecular complexity index is 729. The molecule has 0 aromatic heterocycles. The molecule has 1 fully saturated rings. The Labute approximate surface area is 140 Å². The highest BCUT2D eigenvalue weighted by molar-refractivity contribution is 7.91. The second-order valence-electron chi connectivity index (χ2n) is 5.31. The van der Waals surface area contributed by atoms with Gasteiger partial charge in [-0.05, 0) is 24.6 Å². The standard InChI is InChI=1S/C15H19NO7S/c1-21-12-4-3-10(7-13(12)22-2)15(18)23-8-14(17)16-11-5-6-24(19,20)9-11/h3-4,7,11H,5-6,8-9H2,1-2H3,(H,16,17)/t11-/m1/s1. The van der Waals surface area contributed by atoms with Gasteiger partial charge in [0.05, 0.1) is 31.3 Å². The average molecular weight is 357 g/mol. The molecule has 1 amide bonds. The predicted octanol–water partition coefficient (Wildman–Crippen LogP) is 0.164. The lowest BCUT2D eigenvalue weighted by Crippen LogP contribution is -2.38. The first-order chi connectivity index (χ1) is 11.3. The fourth-order valence-corrected chi connectivity index (χ4v) is 4.03. The summed E-state index contributed by atoms with van der Waals surface area (Å²) in [4.78, 5) is 23.7. The fraction of sp³-hybridized carbons (Fsp3) is 0.467. The second-order valence-corrected chi connectivity index (χ2v) is 7.54. The number of carbonyl (C=O) groups excluding carboxylic acids is 2. The van der Waals surface area contributed by atoms with Gasteiger partial charge in [0.2, 0.25) is 0 Å². The number of methoxy groups -OCH3 is 2. The molecule has 0 aliphatic carbocycles. The number of sulfone groups is 1. The van der Waals surface area contributed by atoms with E-state index in [1.54, 1.807) is 6.07 Å². The van der Waals surface area contributed by atoms with Gasteiger partial charge in [0.25, 0.3) is 5.91 Å². The molecule has 0 unspecified atom stereocenters. The first-order valence-electron chi connectivity index (χ1n) is 7.23. The molecule has 24 heavy (non-hydrogen) atoms. The largest absolute Gasteiger partial charge is 0.493 e. The van der Waals surface area contributed by atoms with Crippen molar-refractivity contribution < 1.29 is 32.2 Å². The van der Waals surface area contributed by atoms with Crippen LogP contribution in [0.15, 0.2) is 18.2 Å². The maximum Gasteiger partial charge on any atom is 0.338 e. The number of hydrogen-bond acceptors (Lipinski definition) is 7. The van der Waals surface area contributed by atoms with E-state index in [2.05, 4.69) is 5.32 Å². The van der Waals surface area contributed by atoms with Gasteiger partial charge < -0.3 is 19.5 Å². The molecule has 132 valence electrons.